The van der Waals surface area contributed by atoms with Crippen molar-refractivity contribution in [1.29, 1.82) is 0 Å². The second kappa shape index (κ2) is 5.61. The van der Waals surface area contributed by atoms with Crippen LogP contribution in [-0.4, -0.2) is 19.2 Å². The summed E-state index contributed by atoms with van der Waals surface area (Å²) in [6.45, 7) is 6.29. The number of morpholine rings is 1. The van der Waals surface area contributed by atoms with E-state index in [9.17, 15) is 0 Å². The zero-order valence-corrected chi connectivity index (χ0v) is 12.4. The smallest absolute Gasteiger partial charge is 0.104 e. The van der Waals surface area contributed by atoms with E-state index in [4.69, 9.17) is 4.74 Å². The summed E-state index contributed by atoms with van der Waals surface area (Å²) in [5, 5.41) is 4.95. The molecule has 1 saturated heterocycles. The van der Waals surface area contributed by atoms with Crippen molar-refractivity contribution in [2.45, 2.75) is 32.4 Å². The maximum absolute atomic E-state index is 6.05. The Morgan fingerprint density at radius 3 is 2.89 bits per heavy atom. The molecule has 2 aromatic rings. The Labute approximate surface area is 118 Å². The molecule has 1 fully saturated rings. The topological polar surface area (TPSA) is 21.3 Å². The van der Waals surface area contributed by atoms with Crippen molar-refractivity contribution >= 4 is 21.4 Å². The summed E-state index contributed by atoms with van der Waals surface area (Å²) in [6, 6.07) is 11.3. The molecular weight excluding hydrogens is 254 g/mol. The third kappa shape index (κ3) is 2.99. The molecular formula is C16H21NOS. The van der Waals surface area contributed by atoms with Gasteiger partial charge in [0.2, 0.25) is 0 Å². The van der Waals surface area contributed by atoms with E-state index in [2.05, 4.69) is 49.5 Å². The fraction of sp³-hybridized carbons (Fsp3) is 0.500. The molecule has 2 heterocycles. The van der Waals surface area contributed by atoms with Gasteiger partial charge in [0.25, 0.3) is 0 Å². The van der Waals surface area contributed by atoms with Gasteiger partial charge in [0, 0.05) is 22.2 Å². The van der Waals surface area contributed by atoms with E-state index in [-0.39, 0.29) is 6.10 Å². The maximum atomic E-state index is 6.05. The van der Waals surface area contributed by atoms with Gasteiger partial charge in [-0.25, -0.2) is 0 Å². The van der Waals surface area contributed by atoms with Crippen LogP contribution in [0.15, 0.2) is 30.3 Å². The lowest BCUT2D eigenvalue weighted by molar-refractivity contribution is 0.000697. The van der Waals surface area contributed by atoms with E-state index in [0.717, 1.165) is 19.1 Å². The second-order valence-electron chi connectivity index (χ2n) is 5.74. The molecule has 3 heteroatoms. The van der Waals surface area contributed by atoms with Gasteiger partial charge in [-0.05, 0) is 29.9 Å². The third-order valence-corrected chi connectivity index (χ3v) is 4.82. The van der Waals surface area contributed by atoms with Crippen molar-refractivity contribution in [3.05, 3.63) is 35.2 Å². The maximum Gasteiger partial charge on any atom is 0.104 e. The zero-order valence-electron chi connectivity index (χ0n) is 11.6. The van der Waals surface area contributed by atoms with Crippen molar-refractivity contribution in [2.24, 2.45) is 5.92 Å². The Kier molecular flexibility index (Phi) is 3.87. The Hall–Kier alpha value is -0.900. The fourth-order valence-electron chi connectivity index (χ4n) is 2.69. The molecule has 2 unspecified atom stereocenters. The van der Waals surface area contributed by atoms with Gasteiger partial charge in [-0.3, -0.25) is 0 Å². The largest absolute Gasteiger partial charge is 0.370 e. The van der Waals surface area contributed by atoms with Crippen LogP contribution in [0.2, 0.25) is 0 Å². The summed E-state index contributed by atoms with van der Waals surface area (Å²) in [5.74, 6) is 0.724. The van der Waals surface area contributed by atoms with E-state index in [1.807, 2.05) is 11.3 Å². The zero-order chi connectivity index (χ0) is 13.2. The number of hydrogen-bond acceptors (Lipinski definition) is 3. The van der Waals surface area contributed by atoms with Crippen molar-refractivity contribution in [3.63, 3.8) is 0 Å². The van der Waals surface area contributed by atoms with Gasteiger partial charge in [-0.1, -0.05) is 32.0 Å². The molecule has 0 bridgehead atoms. The van der Waals surface area contributed by atoms with E-state index in [0.29, 0.717) is 6.04 Å². The molecule has 0 aliphatic carbocycles. The van der Waals surface area contributed by atoms with Crippen LogP contribution in [0, 0.1) is 5.92 Å². The van der Waals surface area contributed by atoms with Gasteiger partial charge in [0.15, 0.2) is 0 Å². The molecule has 0 saturated carbocycles. The number of nitrogens with one attached hydrogen (secondary N) is 1. The molecule has 1 aliphatic rings. The molecule has 1 aromatic heterocycles. The first-order valence-corrected chi connectivity index (χ1v) is 7.87. The summed E-state index contributed by atoms with van der Waals surface area (Å²) >= 11 is 1.85. The lowest BCUT2D eigenvalue weighted by Crippen LogP contribution is -2.43. The molecule has 2 atom stereocenters. The summed E-state index contributed by atoms with van der Waals surface area (Å²) in [5.41, 5.74) is 0. The number of hydrogen-bond donors (Lipinski definition) is 1. The molecule has 0 radical (unpaired) electrons. The average Bonchev–Trinajstić information content (AvgIpc) is 2.82. The normalized spacial score (nSPS) is 24.2. The van der Waals surface area contributed by atoms with Gasteiger partial charge in [-0.15, -0.1) is 11.3 Å². The molecule has 102 valence electrons. The van der Waals surface area contributed by atoms with Crippen LogP contribution in [0.3, 0.4) is 0 Å². The number of thiophene rings is 1. The van der Waals surface area contributed by atoms with Gasteiger partial charge in [-0.2, -0.15) is 0 Å². The minimum atomic E-state index is 0.223. The third-order valence-electron chi connectivity index (χ3n) is 3.61. The number of ether oxygens (including phenoxy) is 1. The van der Waals surface area contributed by atoms with Crippen molar-refractivity contribution < 1.29 is 4.74 Å². The molecule has 0 spiro atoms. The molecule has 0 amide bonds. The lowest BCUT2D eigenvalue weighted by atomic mass is 10.0. The van der Waals surface area contributed by atoms with E-state index in [1.54, 1.807) is 0 Å². The van der Waals surface area contributed by atoms with E-state index >= 15 is 0 Å². The Morgan fingerprint density at radius 1 is 1.37 bits per heavy atom. The summed E-state index contributed by atoms with van der Waals surface area (Å²) in [7, 11) is 0. The highest BCUT2D eigenvalue weighted by Gasteiger charge is 2.24. The predicted molar refractivity (Wildman–Crippen MR) is 81.8 cm³/mol. The van der Waals surface area contributed by atoms with Crippen LogP contribution < -0.4 is 5.32 Å². The fourth-order valence-corrected chi connectivity index (χ4v) is 3.80. The van der Waals surface area contributed by atoms with E-state index < -0.39 is 0 Å². The minimum Gasteiger partial charge on any atom is -0.370 e. The van der Waals surface area contributed by atoms with Gasteiger partial charge in [0.05, 0.1) is 6.61 Å². The van der Waals surface area contributed by atoms with Crippen LogP contribution in [0.5, 0.6) is 0 Å². The SMILES string of the molecule is CC(C)CC1COC(c2cc3ccccc3s2)CN1. The highest BCUT2D eigenvalue weighted by molar-refractivity contribution is 7.19. The Bertz CT molecular complexity index is 507. The molecule has 19 heavy (non-hydrogen) atoms. The highest BCUT2D eigenvalue weighted by atomic mass is 32.1. The summed E-state index contributed by atoms with van der Waals surface area (Å²) in [4.78, 5) is 1.34. The average molecular weight is 275 g/mol. The minimum absolute atomic E-state index is 0.223. The Morgan fingerprint density at radius 2 is 2.21 bits per heavy atom. The predicted octanol–water partition coefficient (Wildman–Crippen LogP) is 3.98. The van der Waals surface area contributed by atoms with Gasteiger partial charge >= 0.3 is 0 Å². The van der Waals surface area contributed by atoms with Crippen molar-refractivity contribution in [1.82, 2.24) is 5.32 Å². The number of benzene rings is 1. The lowest BCUT2D eigenvalue weighted by Gasteiger charge is -2.30. The van der Waals surface area contributed by atoms with Crippen LogP contribution in [0.4, 0.5) is 0 Å². The number of fused-ring (bicyclic) bond motifs is 1. The van der Waals surface area contributed by atoms with Crippen molar-refractivity contribution in [3.8, 4) is 0 Å². The molecule has 1 aromatic carbocycles. The monoisotopic (exact) mass is 275 g/mol. The molecule has 2 nitrogen and oxygen atoms in total. The van der Waals surface area contributed by atoms with Crippen LogP contribution >= 0.6 is 11.3 Å². The number of rotatable bonds is 3. The standard InChI is InChI=1S/C16H21NOS/c1-11(2)7-13-10-18-14(9-17-13)16-8-12-5-3-4-6-15(12)19-16/h3-6,8,11,13-14,17H,7,9-10H2,1-2H3. The second-order valence-corrected chi connectivity index (χ2v) is 6.86. The molecule has 3 rings (SSSR count). The molecule has 1 aliphatic heterocycles. The highest BCUT2D eigenvalue weighted by Crippen LogP contribution is 2.32. The summed E-state index contributed by atoms with van der Waals surface area (Å²) < 4.78 is 7.41. The van der Waals surface area contributed by atoms with Crippen LogP contribution in [0.25, 0.3) is 10.1 Å². The van der Waals surface area contributed by atoms with Crippen LogP contribution in [0.1, 0.15) is 31.2 Å². The van der Waals surface area contributed by atoms with Gasteiger partial charge < -0.3 is 10.1 Å². The summed E-state index contributed by atoms with van der Waals surface area (Å²) in [6.07, 6.45) is 1.42. The van der Waals surface area contributed by atoms with Gasteiger partial charge in [0.1, 0.15) is 6.10 Å². The van der Waals surface area contributed by atoms with Crippen LogP contribution in [-0.2, 0) is 4.74 Å². The molecule has 1 N–H and O–H groups in total. The first-order chi connectivity index (χ1) is 9.22. The first kappa shape index (κ1) is 13.1. The van der Waals surface area contributed by atoms with E-state index in [1.165, 1.54) is 21.4 Å². The first-order valence-electron chi connectivity index (χ1n) is 7.06. The van der Waals surface area contributed by atoms with Crippen molar-refractivity contribution in [2.75, 3.05) is 13.2 Å². The Balaban J connectivity index is 1.68. The quantitative estimate of drug-likeness (QED) is 0.915.